The van der Waals surface area contributed by atoms with Crippen molar-refractivity contribution in [3.05, 3.63) is 24.3 Å². The van der Waals surface area contributed by atoms with E-state index < -0.39 is 13.2 Å². The molecule has 0 saturated heterocycles. The third kappa shape index (κ3) is 4.32. The second-order valence-electron chi connectivity index (χ2n) is 3.76. The first-order chi connectivity index (χ1) is 8.55. The van der Waals surface area contributed by atoms with E-state index in [4.69, 9.17) is 14.2 Å². The van der Waals surface area contributed by atoms with E-state index in [0.717, 1.165) is 10.6 Å². The lowest BCUT2D eigenvalue weighted by atomic mass is 10.2. The van der Waals surface area contributed by atoms with Gasteiger partial charge in [0.2, 0.25) is 0 Å². The predicted octanol–water partition coefficient (Wildman–Crippen LogP) is 3.70. The van der Waals surface area contributed by atoms with Crippen LogP contribution in [0.25, 0.3) is 0 Å². The van der Waals surface area contributed by atoms with Crippen molar-refractivity contribution in [1.29, 1.82) is 0 Å². The summed E-state index contributed by atoms with van der Waals surface area (Å²) in [5.41, 5.74) is 0. The van der Waals surface area contributed by atoms with E-state index in [9.17, 15) is 4.57 Å². The van der Waals surface area contributed by atoms with E-state index in [1.807, 2.05) is 38.1 Å². The third-order valence-electron chi connectivity index (χ3n) is 2.71. The fraction of sp³-hybridized carbons (Fsp3) is 0.500. The second-order valence-corrected chi connectivity index (χ2v) is 5.92. The molecule has 1 aromatic carbocycles. The van der Waals surface area contributed by atoms with Crippen molar-refractivity contribution in [2.45, 2.75) is 36.5 Å². The van der Waals surface area contributed by atoms with Crippen LogP contribution in [0.2, 0.25) is 0 Å². The Balaban J connectivity index is 2.84. The molecule has 1 aromatic rings. The zero-order chi connectivity index (χ0) is 13.6. The Morgan fingerprint density at radius 1 is 1.28 bits per heavy atom. The number of benzene rings is 1. The van der Waals surface area contributed by atoms with Gasteiger partial charge in [0, 0.05) is 4.90 Å². The first-order valence-corrected chi connectivity index (χ1v) is 7.88. The largest absolute Gasteiger partial charge is 0.497 e. The molecule has 0 radical (unpaired) electrons. The van der Waals surface area contributed by atoms with Crippen LogP contribution in [-0.4, -0.2) is 16.9 Å². The van der Waals surface area contributed by atoms with Gasteiger partial charge < -0.3 is 9.63 Å². The molecule has 102 valence electrons. The van der Waals surface area contributed by atoms with Gasteiger partial charge in [0.1, 0.15) is 10.7 Å². The maximum absolute atomic E-state index is 11.0. The molecule has 0 aliphatic rings. The highest BCUT2D eigenvalue weighted by atomic mass is 32.2. The number of rotatable bonds is 7. The highest BCUT2D eigenvalue weighted by molar-refractivity contribution is 8.00. The summed E-state index contributed by atoms with van der Waals surface area (Å²) < 4.78 is 21.3. The van der Waals surface area contributed by atoms with E-state index in [1.165, 1.54) is 11.8 Å². The summed E-state index contributed by atoms with van der Waals surface area (Å²) in [5.74, 6) is 0.787. The van der Waals surface area contributed by atoms with Gasteiger partial charge in [-0.2, -0.15) is 0 Å². The molecule has 0 spiro atoms. The summed E-state index contributed by atoms with van der Waals surface area (Å²) in [6, 6.07) is 7.56. The SMILES string of the molecule is CCC(CC)(O[PH](=O)O)Sc1ccc(OC)cc1. The molecule has 1 unspecified atom stereocenters. The minimum Gasteiger partial charge on any atom is -0.497 e. The van der Waals surface area contributed by atoms with E-state index in [2.05, 4.69) is 0 Å². The Bertz CT molecular complexity index is 390. The highest BCUT2D eigenvalue weighted by Gasteiger charge is 2.30. The van der Waals surface area contributed by atoms with E-state index in [1.54, 1.807) is 7.11 Å². The van der Waals surface area contributed by atoms with Crippen molar-refractivity contribution in [1.82, 2.24) is 0 Å². The molecular weight excluding hydrogens is 271 g/mol. The summed E-state index contributed by atoms with van der Waals surface area (Å²) in [6.07, 6.45) is 1.33. The van der Waals surface area contributed by atoms with Crippen molar-refractivity contribution in [2.75, 3.05) is 7.11 Å². The fourth-order valence-corrected chi connectivity index (χ4v) is 3.56. The highest BCUT2D eigenvalue weighted by Crippen LogP contribution is 2.44. The molecule has 0 aliphatic heterocycles. The number of ether oxygens (including phenoxy) is 1. The quantitative estimate of drug-likeness (QED) is 0.471. The van der Waals surface area contributed by atoms with Crippen molar-refractivity contribution < 1.29 is 18.7 Å². The molecule has 1 rings (SSSR count). The van der Waals surface area contributed by atoms with E-state index >= 15 is 0 Å². The smallest absolute Gasteiger partial charge is 0.317 e. The lowest BCUT2D eigenvalue weighted by Crippen LogP contribution is -2.23. The molecule has 0 saturated carbocycles. The number of hydrogen-bond acceptors (Lipinski definition) is 4. The molecule has 0 aromatic heterocycles. The van der Waals surface area contributed by atoms with Crippen molar-refractivity contribution in [2.24, 2.45) is 0 Å². The molecule has 6 heteroatoms. The van der Waals surface area contributed by atoms with Crippen LogP contribution >= 0.6 is 20.0 Å². The summed E-state index contributed by atoms with van der Waals surface area (Å²) in [4.78, 5) is 9.35. The van der Waals surface area contributed by atoms with Crippen LogP contribution in [0.3, 0.4) is 0 Å². The Hall–Kier alpha value is -0.480. The van der Waals surface area contributed by atoms with Crippen LogP contribution in [0.5, 0.6) is 5.75 Å². The number of hydrogen-bond donors (Lipinski definition) is 1. The van der Waals surface area contributed by atoms with Crippen LogP contribution in [0.15, 0.2) is 29.2 Å². The van der Waals surface area contributed by atoms with Crippen LogP contribution in [-0.2, 0) is 9.09 Å². The Morgan fingerprint density at radius 3 is 2.22 bits per heavy atom. The summed E-state index contributed by atoms with van der Waals surface area (Å²) >= 11 is 1.47. The summed E-state index contributed by atoms with van der Waals surface area (Å²) in [7, 11) is -1.33. The normalized spacial score (nSPS) is 13.3. The van der Waals surface area contributed by atoms with Crippen LogP contribution < -0.4 is 4.74 Å². The number of thioether (sulfide) groups is 1. The van der Waals surface area contributed by atoms with Gasteiger partial charge in [-0.1, -0.05) is 25.6 Å². The standard InChI is InChI=1S/C12H19O4PS/c1-4-12(5-2,16-17(13)14)18-11-8-6-10(15-3)7-9-11/h6-9,17H,4-5H2,1-3H3,(H,13,14). The lowest BCUT2D eigenvalue weighted by Gasteiger charge is -2.29. The number of methoxy groups -OCH3 is 1. The van der Waals surface area contributed by atoms with E-state index in [0.29, 0.717) is 12.8 Å². The second kappa shape index (κ2) is 7.19. The zero-order valence-electron chi connectivity index (χ0n) is 10.8. The molecule has 1 N–H and O–H groups in total. The maximum atomic E-state index is 11.0. The van der Waals surface area contributed by atoms with Crippen LogP contribution in [0, 0.1) is 0 Å². The predicted molar refractivity (Wildman–Crippen MR) is 74.5 cm³/mol. The Morgan fingerprint density at radius 2 is 1.83 bits per heavy atom. The van der Waals surface area contributed by atoms with Gasteiger partial charge >= 0.3 is 8.25 Å². The van der Waals surface area contributed by atoms with E-state index in [-0.39, 0.29) is 0 Å². The Kier molecular flexibility index (Phi) is 6.22. The third-order valence-corrected chi connectivity index (χ3v) is 4.97. The molecule has 0 bridgehead atoms. The van der Waals surface area contributed by atoms with Crippen molar-refractivity contribution in [3.63, 3.8) is 0 Å². The summed E-state index contributed by atoms with van der Waals surface area (Å²) in [6.45, 7) is 3.90. The first kappa shape index (κ1) is 15.6. The molecule has 18 heavy (non-hydrogen) atoms. The van der Waals surface area contributed by atoms with Gasteiger partial charge in [0.15, 0.2) is 0 Å². The molecule has 0 aliphatic carbocycles. The maximum Gasteiger partial charge on any atom is 0.317 e. The topological polar surface area (TPSA) is 55.8 Å². The van der Waals surface area contributed by atoms with Crippen LogP contribution in [0.4, 0.5) is 0 Å². The average molecular weight is 290 g/mol. The fourth-order valence-electron chi connectivity index (χ4n) is 1.58. The molecule has 0 amide bonds. The van der Waals surface area contributed by atoms with Gasteiger partial charge in [-0.15, -0.1) is 0 Å². The minimum absolute atomic E-state index is 0.639. The molecule has 0 heterocycles. The van der Waals surface area contributed by atoms with Crippen LogP contribution in [0.1, 0.15) is 26.7 Å². The monoisotopic (exact) mass is 290 g/mol. The van der Waals surface area contributed by atoms with Crippen molar-refractivity contribution >= 4 is 20.0 Å². The van der Waals surface area contributed by atoms with Gasteiger partial charge in [-0.05, 0) is 37.1 Å². The molecular formula is C12H19O4PS. The average Bonchev–Trinajstić information content (AvgIpc) is 2.38. The van der Waals surface area contributed by atoms with Gasteiger partial charge in [-0.3, -0.25) is 9.09 Å². The summed E-state index contributed by atoms with van der Waals surface area (Å²) in [5, 5.41) is 0. The lowest BCUT2D eigenvalue weighted by molar-refractivity contribution is 0.147. The Labute approximate surface area is 113 Å². The molecule has 0 fully saturated rings. The van der Waals surface area contributed by atoms with Gasteiger partial charge in [0.05, 0.1) is 7.11 Å². The minimum atomic E-state index is -2.94. The van der Waals surface area contributed by atoms with Crippen molar-refractivity contribution in [3.8, 4) is 5.75 Å². The van der Waals surface area contributed by atoms with Gasteiger partial charge in [-0.25, -0.2) is 0 Å². The molecule has 1 atom stereocenters. The molecule has 4 nitrogen and oxygen atoms in total. The van der Waals surface area contributed by atoms with Gasteiger partial charge in [0.25, 0.3) is 0 Å². The zero-order valence-corrected chi connectivity index (χ0v) is 12.6. The first-order valence-electron chi connectivity index (χ1n) is 5.80.